The molecule has 0 aliphatic rings. The normalized spacial score (nSPS) is 12.9. The molecule has 0 N–H and O–H groups in total. The SMILES string of the molecule is CC(=O)C(C/C=C(\C)CCC=C(C)C)(C/C=C(\C)CCC=C(C)C)C/C=C(\C)CCC=C(C)C. The van der Waals surface area contributed by atoms with Crippen molar-refractivity contribution in [3.63, 3.8) is 0 Å². The van der Waals surface area contributed by atoms with Gasteiger partial charge in [-0.15, -0.1) is 0 Å². The van der Waals surface area contributed by atoms with Crippen molar-refractivity contribution in [1.29, 1.82) is 0 Å². The van der Waals surface area contributed by atoms with E-state index in [1.165, 1.54) is 33.4 Å². The maximum atomic E-state index is 13.1. The van der Waals surface area contributed by atoms with Crippen molar-refractivity contribution >= 4 is 5.78 Å². The number of hydrogen-bond donors (Lipinski definition) is 0. The van der Waals surface area contributed by atoms with Crippen LogP contribution in [0.3, 0.4) is 0 Å². The molecule has 0 radical (unpaired) electrons. The Morgan fingerprint density at radius 3 is 0.941 bits per heavy atom. The van der Waals surface area contributed by atoms with Crippen LogP contribution in [0.25, 0.3) is 0 Å². The number of carbonyl (C=O) groups excluding carboxylic acids is 1. The summed E-state index contributed by atoms with van der Waals surface area (Å²) in [6.07, 6.45) is 22.8. The van der Waals surface area contributed by atoms with Crippen LogP contribution in [0.5, 0.6) is 0 Å². The van der Waals surface area contributed by atoms with Crippen LogP contribution >= 0.6 is 0 Å². The largest absolute Gasteiger partial charge is 0.299 e. The maximum absolute atomic E-state index is 13.1. The van der Waals surface area contributed by atoms with E-state index < -0.39 is 0 Å². The molecular formula is C33H54O. The molecule has 0 amide bonds. The van der Waals surface area contributed by atoms with E-state index in [1.54, 1.807) is 6.92 Å². The topological polar surface area (TPSA) is 17.1 Å². The highest BCUT2D eigenvalue weighted by molar-refractivity contribution is 5.83. The smallest absolute Gasteiger partial charge is 0.136 e. The monoisotopic (exact) mass is 466 g/mol. The van der Waals surface area contributed by atoms with Gasteiger partial charge in [0.05, 0.1) is 0 Å². The molecule has 0 spiro atoms. The Labute approximate surface area is 212 Å². The standard InChI is InChI=1S/C33H54O/c1-26(2)14-11-17-29(7)20-23-33(32(10)34,24-21-30(8)18-12-15-27(3)4)25-22-31(9)19-13-16-28(5)6/h14-16,20-22H,11-13,17-19,23-25H2,1-10H3/b29-20+,30-21+,31-22+. The zero-order valence-electron chi connectivity index (χ0n) is 24.2. The first-order chi connectivity index (χ1) is 15.9. The van der Waals surface area contributed by atoms with Crippen molar-refractivity contribution < 1.29 is 4.79 Å². The Balaban J connectivity index is 5.68. The molecule has 0 aliphatic heterocycles. The van der Waals surface area contributed by atoms with Crippen molar-refractivity contribution in [3.05, 3.63) is 69.9 Å². The highest BCUT2D eigenvalue weighted by Gasteiger charge is 2.32. The molecule has 0 aliphatic carbocycles. The highest BCUT2D eigenvalue weighted by Crippen LogP contribution is 2.36. The molecule has 0 rings (SSSR count). The van der Waals surface area contributed by atoms with E-state index in [9.17, 15) is 4.79 Å². The summed E-state index contributed by atoms with van der Waals surface area (Å²) in [6, 6.07) is 0. The average Bonchev–Trinajstić information content (AvgIpc) is 2.72. The van der Waals surface area contributed by atoms with Gasteiger partial charge in [-0.1, -0.05) is 69.9 Å². The van der Waals surface area contributed by atoms with E-state index >= 15 is 0 Å². The molecule has 1 nitrogen and oxygen atoms in total. The van der Waals surface area contributed by atoms with Crippen LogP contribution in [-0.4, -0.2) is 5.78 Å². The molecular weight excluding hydrogens is 412 g/mol. The van der Waals surface area contributed by atoms with Gasteiger partial charge in [0.1, 0.15) is 5.78 Å². The van der Waals surface area contributed by atoms with E-state index in [0.29, 0.717) is 5.78 Å². The lowest BCUT2D eigenvalue weighted by molar-refractivity contribution is -0.126. The summed E-state index contributed by atoms with van der Waals surface area (Å²) in [5.74, 6) is 0.308. The van der Waals surface area contributed by atoms with Crippen LogP contribution in [0.15, 0.2) is 69.9 Å². The maximum Gasteiger partial charge on any atom is 0.136 e. The third kappa shape index (κ3) is 15.9. The van der Waals surface area contributed by atoms with Gasteiger partial charge >= 0.3 is 0 Å². The van der Waals surface area contributed by atoms with Gasteiger partial charge in [-0.3, -0.25) is 4.79 Å². The molecule has 0 aromatic carbocycles. The number of allylic oxidation sites excluding steroid dienone is 12. The lowest BCUT2D eigenvalue weighted by Gasteiger charge is -2.29. The van der Waals surface area contributed by atoms with E-state index in [4.69, 9.17) is 0 Å². The lowest BCUT2D eigenvalue weighted by Crippen LogP contribution is -2.28. The van der Waals surface area contributed by atoms with Gasteiger partial charge in [0.15, 0.2) is 0 Å². The first-order valence-electron chi connectivity index (χ1n) is 13.3. The highest BCUT2D eigenvalue weighted by atomic mass is 16.1. The zero-order chi connectivity index (χ0) is 26.1. The van der Waals surface area contributed by atoms with E-state index in [0.717, 1.165) is 57.8 Å². The third-order valence-electron chi connectivity index (χ3n) is 6.54. The van der Waals surface area contributed by atoms with Gasteiger partial charge in [-0.25, -0.2) is 0 Å². The minimum Gasteiger partial charge on any atom is -0.299 e. The summed E-state index contributed by atoms with van der Waals surface area (Å²) in [4.78, 5) is 13.1. The average molecular weight is 467 g/mol. The van der Waals surface area contributed by atoms with Gasteiger partial charge in [-0.2, -0.15) is 0 Å². The Hall–Kier alpha value is -1.89. The molecule has 0 unspecified atom stereocenters. The second-order valence-electron chi connectivity index (χ2n) is 11.1. The molecule has 0 heterocycles. The van der Waals surface area contributed by atoms with Crippen LogP contribution < -0.4 is 0 Å². The number of Topliss-reactive ketones (excluding diaryl/α,β-unsaturated/α-hetero) is 1. The van der Waals surface area contributed by atoms with Crippen molar-refractivity contribution in [1.82, 2.24) is 0 Å². The molecule has 0 bridgehead atoms. The molecule has 0 saturated heterocycles. The van der Waals surface area contributed by atoms with E-state index in [1.807, 2.05) is 0 Å². The minimum absolute atomic E-state index is 0.308. The summed E-state index contributed by atoms with van der Waals surface area (Å²) < 4.78 is 0. The lowest BCUT2D eigenvalue weighted by atomic mass is 9.73. The third-order valence-corrected chi connectivity index (χ3v) is 6.54. The Bertz CT molecular complexity index is 698. The van der Waals surface area contributed by atoms with Crippen molar-refractivity contribution in [2.75, 3.05) is 0 Å². The molecule has 0 aromatic heterocycles. The summed E-state index contributed by atoms with van der Waals surface area (Å²) in [5.41, 5.74) is 7.91. The van der Waals surface area contributed by atoms with Gasteiger partial charge < -0.3 is 0 Å². The van der Waals surface area contributed by atoms with Crippen molar-refractivity contribution in [2.24, 2.45) is 5.41 Å². The second-order valence-corrected chi connectivity index (χ2v) is 11.1. The Morgan fingerprint density at radius 1 is 0.471 bits per heavy atom. The minimum atomic E-state index is -0.354. The predicted molar refractivity (Wildman–Crippen MR) is 154 cm³/mol. The fourth-order valence-electron chi connectivity index (χ4n) is 3.86. The Kier molecular flexibility index (Phi) is 16.6. The molecule has 0 atom stereocenters. The number of rotatable bonds is 16. The number of ketones is 1. The molecule has 0 fully saturated rings. The van der Waals surface area contributed by atoms with Crippen molar-refractivity contribution in [3.8, 4) is 0 Å². The van der Waals surface area contributed by atoms with Gasteiger partial charge in [-0.05, 0) is 127 Å². The zero-order valence-corrected chi connectivity index (χ0v) is 24.2. The summed E-state index contributed by atoms with van der Waals surface area (Å²) in [5, 5.41) is 0. The fraction of sp³-hybridized carbons (Fsp3) is 0.606. The first-order valence-corrected chi connectivity index (χ1v) is 13.3. The quantitative estimate of drug-likeness (QED) is 0.207. The van der Waals surface area contributed by atoms with Gasteiger partial charge in [0.25, 0.3) is 0 Å². The molecule has 192 valence electrons. The summed E-state index contributed by atoms with van der Waals surface area (Å²) in [6.45, 7) is 21.3. The van der Waals surface area contributed by atoms with Gasteiger partial charge in [0.2, 0.25) is 0 Å². The van der Waals surface area contributed by atoms with Crippen molar-refractivity contribution in [2.45, 2.75) is 127 Å². The first kappa shape index (κ1) is 32.1. The van der Waals surface area contributed by atoms with Crippen LogP contribution in [0.1, 0.15) is 127 Å². The molecule has 34 heavy (non-hydrogen) atoms. The summed E-state index contributed by atoms with van der Waals surface area (Å²) >= 11 is 0. The molecule has 0 aromatic rings. The molecule has 1 heteroatoms. The fourth-order valence-corrected chi connectivity index (χ4v) is 3.86. The molecule has 0 saturated carbocycles. The van der Waals surface area contributed by atoms with Crippen LogP contribution in [0, 0.1) is 5.41 Å². The van der Waals surface area contributed by atoms with Crippen LogP contribution in [0.2, 0.25) is 0 Å². The Morgan fingerprint density at radius 2 is 0.735 bits per heavy atom. The second kappa shape index (κ2) is 17.5. The van der Waals surface area contributed by atoms with E-state index in [2.05, 4.69) is 98.8 Å². The number of carbonyl (C=O) groups is 1. The van der Waals surface area contributed by atoms with Gasteiger partial charge in [0, 0.05) is 5.41 Å². The van der Waals surface area contributed by atoms with Crippen LogP contribution in [-0.2, 0) is 4.79 Å². The van der Waals surface area contributed by atoms with Crippen LogP contribution in [0.4, 0.5) is 0 Å². The van der Waals surface area contributed by atoms with E-state index in [-0.39, 0.29) is 5.41 Å². The number of hydrogen-bond acceptors (Lipinski definition) is 1. The predicted octanol–water partition coefficient (Wildman–Crippen LogP) is 10.8. The summed E-state index contributed by atoms with van der Waals surface area (Å²) in [7, 11) is 0.